The van der Waals surface area contributed by atoms with Gasteiger partial charge >= 0.3 is 6.18 Å². The van der Waals surface area contributed by atoms with Gasteiger partial charge in [0.2, 0.25) is 17.6 Å². The molecule has 0 spiro atoms. The SMILES string of the molecule is Cc1nc(-c2ccccc2NC(=O)C2CCN(c3ncc(C(F)(F)F)cc3Cl)CC2)no1. The highest BCUT2D eigenvalue weighted by atomic mass is 35.5. The highest BCUT2D eigenvalue weighted by Gasteiger charge is 2.33. The average molecular weight is 466 g/mol. The molecule has 1 aliphatic rings. The third kappa shape index (κ3) is 4.69. The van der Waals surface area contributed by atoms with E-state index in [0.717, 1.165) is 12.3 Å². The second-order valence-corrected chi connectivity index (χ2v) is 7.87. The van der Waals surface area contributed by atoms with Crippen molar-refractivity contribution >= 4 is 29.0 Å². The Balaban J connectivity index is 1.41. The Morgan fingerprint density at radius 3 is 2.59 bits per heavy atom. The monoisotopic (exact) mass is 465 g/mol. The minimum Gasteiger partial charge on any atom is -0.355 e. The first-order valence-corrected chi connectivity index (χ1v) is 10.3. The lowest BCUT2D eigenvalue weighted by atomic mass is 9.95. The van der Waals surface area contributed by atoms with Crippen LogP contribution in [0.4, 0.5) is 24.7 Å². The van der Waals surface area contributed by atoms with Gasteiger partial charge in [0, 0.05) is 37.7 Å². The summed E-state index contributed by atoms with van der Waals surface area (Å²) in [6.45, 7) is 2.58. The van der Waals surface area contributed by atoms with Crippen LogP contribution < -0.4 is 10.2 Å². The lowest BCUT2D eigenvalue weighted by Crippen LogP contribution is -2.38. The Bertz CT molecular complexity index is 1130. The van der Waals surface area contributed by atoms with Gasteiger partial charge in [-0.05, 0) is 31.0 Å². The zero-order chi connectivity index (χ0) is 22.9. The Morgan fingerprint density at radius 2 is 1.97 bits per heavy atom. The summed E-state index contributed by atoms with van der Waals surface area (Å²) in [7, 11) is 0. The van der Waals surface area contributed by atoms with Gasteiger partial charge in [-0.15, -0.1) is 0 Å². The summed E-state index contributed by atoms with van der Waals surface area (Å²) in [5.41, 5.74) is 0.333. The molecule has 11 heteroatoms. The molecule has 1 fully saturated rings. The van der Waals surface area contributed by atoms with E-state index in [0.29, 0.717) is 48.9 Å². The zero-order valence-electron chi connectivity index (χ0n) is 17.0. The first kappa shape index (κ1) is 22.1. The third-order valence-electron chi connectivity index (χ3n) is 5.27. The summed E-state index contributed by atoms with van der Waals surface area (Å²) in [4.78, 5) is 22.8. The van der Waals surface area contributed by atoms with E-state index >= 15 is 0 Å². The van der Waals surface area contributed by atoms with Gasteiger partial charge in [-0.1, -0.05) is 28.9 Å². The summed E-state index contributed by atoms with van der Waals surface area (Å²) < 4.78 is 43.5. The number of para-hydroxylation sites is 1. The van der Waals surface area contributed by atoms with Crippen molar-refractivity contribution in [3.8, 4) is 11.4 Å². The lowest BCUT2D eigenvalue weighted by Gasteiger charge is -2.32. The van der Waals surface area contributed by atoms with Crippen LogP contribution in [0.25, 0.3) is 11.4 Å². The van der Waals surface area contributed by atoms with E-state index < -0.39 is 11.7 Å². The molecule has 1 aliphatic heterocycles. The van der Waals surface area contributed by atoms with E-state index in [-0.39, 0.29) is 22.7 Å². The quantitative estimate of drug-likeness (QED) is 0.586. The standard InChI is InChI=1S/C21H19ClF3N5O2/c1-12-27-18(29-32-12)15-4-2-3-5-17(15)28-20(31)13-6-8-30(9-7-13)19-16(22)10-14(11-26-19)21(23,24)25/h2-5,10-11,13H,6-9H2,1H3,(H,28,31). The molecule has 0 aliphatic carbocycles. The number of rotatable bonds is 4. The van der Waals surface area contributed by atoms with E-state index in [1.165, 1.54) is 0 Å². The molecule has 2 aromatic heterocycles. The summed E-state index contributed by atoms with van der Waals surface area (Å²) in [5, 5.41) is 6.77. The average Bonchev–Trinajstić information content (AvgIpc) is 3.19. The predicted octanol–water partition coefficient (Wildman–Crippen LogP) is 4.97. The van der Waals surface area contributed by atoms with Crippen LogP contribution in [-0.2, 0) is 11.0 Å². The number of aryl methyl sites for hydroxylation is 1. The van der Waals surface area contributed by atoms with Crippen molar-refractivity contribution in [3.63, 3.8) is 0 Å². The van der Waals surface area contributed by atoms with E-state index in [2.05, 4.69) is 20.4 Å². The molecule has 0 saturated carbocycles. The molecule has 1 N–H and O–H groups in total. The number of nitrogens with zero attached hydrogens (tertiary/aromatic N) is 4. The van der Waals surface area contributed by atoms with E-state index in [9.17, 15) is 18.0 Å². The highest BCUT2D eigenvalue weighted by Crippen LogP contribution is 2.35. The number of nitrogens with one attached hydrogen (secondary N) is 1. The number of benzene rings is 1. The predicted molar refractivity (Wildman–Crippen MR) is 112 cm³/mol. The van der Waals surface area contributed by atoms with E-state index in [1.54, 1.807) is 30.0 Å². The van der Waals surface area contributed by atoms with Gasteiger partial charge in [0.25, 0.3) is 0 Å². The fourth-order valence-electron chi connectivity index (χ4n) is 3.60. The molecule has 1 aromatic carbocycles. The van der Waals surface area contributed by atoms with Crippen LogP contribution in [0.3, 0.4) is 0 Å². The Hall–Kier alpha value is -3.14. The molecular weight excluding hydrogens is 447 g/mol. The number of hydrogen-bond donors (Lipinski definition) is 1. The third-order valence-corrected chi connectivity index (χ3v) is 5.55. The normalized spacial score (nSPS) is 15.1. The van der Waals surface area contributed by atoms with E-state index in [1.807, 2.05) is 6.07 Å². The number of carbonyl (C=O) groups is 1. The molecule has 168 valence electrons. The summed E-state index contributed by atoms with van der Waals surface area (Å²) in [5.74, 6) is 0.681. The highest BCUT2D eigenvalue weighted by molar-refractivity contribution is 6.33. The molecule has 0 radical (unpaired) electrons. The van der Waals surface area contributed by atoms with Gasteiger partial charge in [0.1, 0.15) is 5.82 Å². The Kier molecular flexibility index (Phi) is 6.05. The van der Waals surface area contributed by atoms with Gasteiger partial charge < -0.3 is 14.7 Å². The van der Waals surface area contributed by atoms with Crippen LogP contribution in [0.15, 0.2) is 41.1 Å². The van der Waals surface area contributed by atoms with Crippen LogP contribution in [-0.4, -0.2) is 34.1 Å². The molecule has 3 aromatic rings. The number of amides is 1. The van der Waals surface area contributed by atoms with Crippen molar-refractivity contribution in [2.45, 2.75) is 25.9 Å². The zero-order valence-corrected chi connectivity index (χ0v) is 17.7. The number of halogens is 4. The number of hydrogen-bond acceptors (Lipinski definition) is 6. The maximum Gasteiger partial charge on any atom is 0.417 e. The Morgan fingerprint density at radius 1 is 1.25 bits per heavy atom. The lowest BCUT2D eigenvalue weighted by molar-refractivity contribution is -0.137. The number of anilines is 2. The number of piperidine rings is 1. The molecule has 1 saturated heterocycles. The second-order valence-electron chi connectivity index (χ2n) is 7.46. The second kappa shape index (κ2) is 8.78. The summed E-state index contributed by atoms with van der Waals surface area (Å²) >= 11 is 6.05. The largest absolute Gasteiger partial charge is 0.417 e. The van der Waals surface area contributed by atoms with Gasteiger partial charge in [-0.2, -0.15) is 18.2 Å². The van der Waals surface area contributed by atoms with Crippen LogP contribution in [0.1, 0.15) is 24.3 Å². The molecule has 0 unspecified atom stereocenters. The molecule has 0 atom stereocenters. The minimum atomic E-state index is -4.50. The number of aromatic nitrogens is 3. The van der Waals surface area contributed by atoms with Crippen molar-refractivity contribution in [2.75, 3.05) is 23.3 Å². The molecule has 1 amide bonds. The molecule has 4 rings (SSSR count). The first-order chi connectivity index (χ1) is 15.2. The van der Waals surface area contributed by atoms with Gasteiger partial charge in [-0.25, -0.2) is 4.98 Å². The van der Waals surface area contributed by atoms with Gasteiger partial charge in [0.15, 0.2) is 0 Å². The van der Waals surface area contributed by atoms with Crippen molar-refractivity contribution < 1.29 is 22.5 Å². The maximum absolute atomic E-state index is 12.9. The molecule has 7 nitrogen and oxygen atoms in total. The van der Waals surface area contributed by atoms with Gasteiger partial charge in [-0.3, -0.25) is 4.79 Å². The fraction of sp³-hybridized carbons (Fsp3) is 0.333. The molecular formula is C21H19ClF3N5O2. The molecule has 0 bridgehead atoms. The Labute approximate surface area is 186 Å². The molecule has 3 heterocycles. The van der Waals surface area contributed by atoms with Crippen LogP contribution in [0.2, 0.25) is 5.02 Å². The summed E-state index contributed by atoms with van der Waals surface area (Å²) in [6.07, 6.45) is -2.71. The number of alkyl halides is 3. The molecule has 32 heavy (non-hydrogen) atoms. The van der Waals surface area contributed by atoms with Crippen LogP contribution in [0, 0.1) is 12.8 Å². The fourth-order valence-corrected chi connectivity index (χ4v) is 3.89. The van der Waals surface area contributed by atoms with Crippen molar-refractivity contribution in [1.82, 2.24) is 15.1 Å². The summed E-state index contributed by atoms with van der Waals surface area (Å²) in [6, 6.07) is 8.04. The number of pyridine rings is 1. The topological polar surface area (TPSA) is 84.2 Å². The van der Waals surface area contributed by atoms with Crippen LogP contribution in [0.5, 0.6) is 0 Å². The van der Waals surface area contributed by atoms with Crippen molar-refractivity contribution in [3.05, 3.63) is 53.0 Å². The van der Waals surface area contributed by atoms with Crippen molar-refractivity contribution in [1.29, 1.82) is 0 Å². The smallest absolute Gasteiger partial charge is 0.355 e. The maximum atomic E-state index is 12.9. The van der Waals surface area contributed by atoms with E-state index in [4.69, 9.17) is 16.1 Å². The van der Waals surface area contributed by atoms with Crippen LogP contribution >= 0.6 is 11.6 Å². The minimum absolute atomic E-state index is 0.0629. The van der Waals surface area contributed by atoms with Crippen molar-refractivity contribution in [2.24, 2.45) is 5.92 Å². The first-order valence-electron chi connectivity index (χ1n) is 9.90. The van der Waals surface area contributed by atoms with Gasteiger partial charge in [0.05, 0.1) is 16.3 Å². The number of carbonyl (C=O) groups excluding carboxylic acids is 1.